The van der Waals surface area contributed by atoms with Crippen LogP contribution in [0.15, 0.2) is 91.1 Å². The number of hydrogen-bond acceptors (Lipinski definition) is 7. The summed E-state index contributed by atoms with van der Waals surface area (Å²) >= 11 is 0. The Kier molecular flexibility index (Phi) is 11.2. The van der Waals surface area contributed by atoms with E-state index in [-0.39, 0.29) is 53.7 Å². The molecular formula is C44H51N7O4. The van der Waals surface area contributed by atoms with Gasteiger partial charge in [0.25, 0.3) is 5.91 Å². The Morgan fingerprint density at radius 1 is 0.673 bits per heavy atom. The van der Waals surface area contributed by atoms with Crippen LogP contribution in [0.4, 0.5) is 28.6 Å². The van der Waals surface area contributed by atoms with Crippen molar-refractivity contribution in [3.8, 4) is 0 Å². The molecule has 1 saturated heterocycles. The van der Waals surface area contributed by atoms with Crippen molar-refractivity contribution >= 4 is 52.2 Å². The number of benzene rings is 3. The fourth-order valence-corrected chi connectivity index (χ4v) is 8.41. The minimum atomic E-state index is -0.202. The van der Waals surface area contributed by atoms with Crippen molar-refractivity contribution in [3.05, 3.63) is 108 Å². The van der Waals surface area contributed by atoms with Crippen molar-refractivity contribution in [2.24, 2.45) is 5.92 Å². The lowest BCUT2D eigenvalue weighted by atomic mass is 9.91. The number of fused-ring (bicyclic) bond motifs is 2. The minimum absolute atomic E-state index is 0.00250. The third kappa shape index (κ3) is 7.92. The van der Waals surface area contributed by atoms with E-state index in [0.29, 0.717) is 55.8 Å². The molecule has 55 heavy (non-hydrogen) atoms. The molecule has 0 saturated carbocycles. The average molecular weight is 742 g/mol. The number of anilines is 5. The van der Waals surface area contributed by atoms with Gasteiger partial charge in [-0.05, 0) is 99.2 Å². The van der Waals surface area contributed by atoms with Gasteiger partial charge in [0.15, 0.2) is 0 Å². The van der Waals surface area contributed by atoms with Gasteiger partial charge in [-0.15, -0.1) is 0 Å². The van der Waals surface area contributed by atoms with Crippen LogP contribution in [-0.2, 0) is 14.4 Å². The smallest absolute Gasteiger partial charge is 0.253 e. The van der Waals surface area contributed by atoms with E-state index in [1.807, 2.05) is 101 Å². The van der Waals surface area contributed by atoms with Crippen LogP contribution in [0.25, 0.3) is 0 Å². The molecule has 4 amide bonds. The highest BCUT2D eigenvalue weighted by Crippen LogP contribution is 2.40. The summed E-state index contributed by atoms with van der Waals surface area (Å²) < 4.78 is 0. The van der Waals surface area contributed by atoms with Gasteiger partial charge in [-0.25, -0.2) is 4.98 Å². The third-order valence-electron chi connectivity index (χ3n) is 11.3. The van der Waals surface area contributed by atoms with Crippen LogP contribution in [0.2, 0.25) is 0 Å². The van der Waals surface area contributed by atoms with Crippen LogP contribution in [-0.4, -0.2) is 58.7 Å². The van der Waals surface area contributed by atoms with E-state index >= 15 is 0 Å². The second-order valence-electron chi connectivity index (χ2n) is 15.0. The maximum atomic E-state index is 13.5. The highest BCUT2D eigenvalue weighted by Gasteiger charge is 2.35. The first-order valence-electron chi connectivity index (χ1n) is 19.7. The molecule has 0 bridgehead atoms. The van der Waals surface area contributed by atoms with Crippen LogP contribution in [0.1, 0.15) is 99.8 Å². The molecule has 1 aromatic heterocycles. The topological polar surface area (TPSA) is 127 Å². The summed E-state index contributed by atoms with van der Waals surface area (Å²) in [7, 11) is 0. The van der Waals surface area contributed by atoms with E-state index in [0.717, 1.165) is 41.0 Å². The summed E-state index contributed by atoms with van der Waals surface area (Å²) in [5.41, 5.74) is 6.20. The monoisotopic (exact) mass is 741 g/mol. The molecule has 11 heteroatoms. The van der Waals surface area contributed by atoms with Crippen LogP contribution in [0, 0.1) is 5.92 Å². The summed E-state index contributed by atoms with van der Waals surface area (Å²) in [6.07, 6.45) is 5.28. The molecule has 1 fully saturated rings. The van der Waals surface area contributed by atoms with Crippen molar-refractivity contribution in [2.75, 3.05) is 38.8 Å². The number of aromatic nitrogens is 1. The predicted molar refractivity (Wildman–Crippen MR) is 217 cm³/mol. The molecule has 0 aliphatic carbocycles. The number of hydrogen-bond donors (Lipinski definition) is 3. The van der Waals surface area contributed by atoms with Crippen molar-refractivity contribution < 1.29 is 19.2 Å². The average Bonchev–Trinajstić information content (AvgIpc) is 3.21. The largest absolute Gasteiger partial charge is 0.378 e. The minimum Gasteiger partial charge on any atom is -0.378 e. The summed E-state index contributed by atoms with van der Waals surface area (Å²) in [6, 6.07) is 27.5. The maximum Gasteiger partial charge on any atom is 0.253 e. The van der Waals surface area contributed by atoms with Gasteiger partial charge in [-0.3, -0.25) is 19.2 Å². The van der Waals surface area contributed by atoms with Gasteiger partial charge in [0, 0.05) is 66.6 Å². The number of para-hydroxylation sites is 2. The van der Waals surface area contributed by atoms with E-state index in [1.165, 1.54) is 0 Å². The molecule has 0 unspecified atom stereocenters. The van der Waals surface area contributed by atoms with Gasteiger partial charge >= 0.3 is 0 Å². The fourth-order valence-electron chi connectivity index (χ4n) is 8.41. The van der Waals surface area contributed by atoms with Gasteiger partial charge in [-0.2, -0.15) is 0 Å². The van der Waals surface area contributed by atoms with E-state index in [1.54, 1.807) is 6.20 Å². The van der Waals surface area contributed by atoms with Gasteiger partial charge in [-0.1, -0.05) is 50.2 Å². The molecule has 3 N–H and O–H groups in total. The van der Waals surface area contributed by atoms with Gasteiger partial charge in [0.1, 0.15) is 5.82 Å². The Bertz CT molecular complexity index is 2030. The SMILES string of the molecule is CCC(=O)N1c2ccccc2[C@H](Nc2ccc(C(=O)N3CCC(C(=O)Nc4ccc(N[C@@H]5C[C@H](C)N(C(=O)CC)c6ccccc65)nc4)CC3)cc2)C[C@@H]1C. The third-order valence-corrected chi connectivity index (χ3v) is 11.3. The number of nitrogens with zero attached hydrogens (tertiary/aromatic N) is 4. The highest BCUT2D eigenvalue weighted by molar-refractivity contribution is 5.97. The molecule has 11 nitrogen and oxygen atoms in total. The molecule has 3 aromatic carbocycles. The molecule has 3 aliphatic rings. The van der Waals surface area contributed by atoms with Gasteiger partial charge < -0.3 is 30.7 Å². The van der Waals surface area contributed by atoms with Crippen LogP contribution in [0.5, 0.6) is 0 Å². The normalized spacial score (nSPS) is 20.9. The Balaban J connectivity index is 0.901. The number of pyridine rings is 1. The van der Waals surface area contributed by atoms with Crippen LogP contribution >= 0.6 is 0 Å². The Labute approximate surface area is 323 Å². The molecule has 4 heterocycles. The molecule has 4 aromatic rings. The first kappa shape index (κ1) is 37.6. The summed E-state index contributed by atoms with van der Waals surface area (Å²) in [4.78, 5) is 62.4. The summed E-state index contributed by atoms with van der Waals surface area (Å²) in [6.45, 7) is 8.96. The van der Waals surface area contributed by atoms with Gasteiger partial charge in [0.05, 0.1) is 24.0 Å². The van der Waals surface area contributed by atoms with E-state index < -0.39 is 0 Å². The van der Waals surface area contributed by atoms with E-state index in [2.05, 4.69) is 46.9 Å². The van der Waals surface area contributed by atoms with Gasteiger partial charge in [0.2, 0.25) is 17.7 Å². The van der Waals surface area contributed by atoms with Crippen LogP contribution in [0.3, 0.4) is 0 Å². The Hall–Kier alpha value is -5.71. The quantitative estimate of drug-likeness (QED) is 0.159. The van der Waals surface area contributed by atoms with Crippen molar-refractivity contribution in [1.82, 2.24) is 9.88 Å². The second kappa shape index (κ2) is 16.3. The van der Waals surface area contributed by atoms with Crippen molar-refractivity contribution in [1.29, 1.82) is 0 Å². The fraction of sp³-hybridized carbons (Fsp3) is 0.386. The number of nitrogens with one attached hydrogen (secondary N) is 3. The molecule has 0 radical (unpaired) electrons. The Morgan fingerprint density at radius 2 is 1.20 bits per heavy atom. The Morgan fingerprint density at radius 3 is 1.73 bits per heavy atom. The zero-order valence-electron chi connectivity index (χ0n) is 32.1. The number of carbonyl (C=O) groups excluding carboxylic acids is 4. The zero-order chi connectivity index (χ0) is 38.6. The number of piperidine rings is 1. The molecule has 4 atom stereocenters. The highest BCUT2D eigenvalue weighted by atomic mass is 16.2. The number of carbonyl (C=O) groups is 4. The lowest BCUT2D eigenvalue weighted by Crippen LogP contribution is -2.44. The molecule has 7 rings (SSSR count). The molecule has 3 aliphatic heterocycles. The lowest BCUT2D eigenvalue weighted by Gasteiger charge is -2.40. The summed E-state index contributed by atoms with van der Waals surface area (Å²) in [5, 5.41) is 10.2. The lowest BCUT2D eigenvalue weighted by molar-refractivity contribution is -0.121. The first-order chi connectivity index (χ1) is 26.6. The first-order valence-corrected chi connectivity index (χ1v) is 19.7. The van der Waals surface area contributed by atoms with Crippen molar-refractivity contribution in [3.63, 3.8) is 0 Å². The van der Waals surface area contributed by atoms with Crippen molar-refractivity contribution in [2.45, 2.75) is 90.4 Å². The van der Waals surface area contributed by atoms with Crippen LogP contribution < -0.4 is 25.8 Å². The maximum absolute atomic E-state index is 13.5. The number of rotatable bonds is 9. The number of amides is 4. The van der Waals surface area contributed by atoms with E-state index in [4.69, 9.17) is 0 Å². The van der Waals surface area contributed by atoms with E-state index in [9.17, 15) is 19.2 Å². The molecule has 286 valence electrons. The second-order valence-corrected chi connectivity index (χ2v) is 15.0. The zero-order valence-corrected chi connectivity index (χ0v) is 32.1. The molecular weight excluding hydrogens is 691 g/mol. The standard InChI is InChI=1S/C44H51N7O4/c1-5-41(52)50-28(3)25-36(34-11-7-9-13-38(34)50)46-32-17-15-31(16-18-32)44(55)49-23-21-30(22-24-49)43(54)47-33-19-20-40(45-27-33)48-37-26-29(4)51(42(53)6-2)39-14-10-8-12-35(37)39/h7-20,27-30,36-37,46H,5-6,21-26H2,1-4H3,(H,45,48)(H,47,54)/t28-,29-,36+,37+/m0/s1. The molecule has 0 spiro atoms. The number of likely N-dealkylation sites (tertiary alicyclic amines) is 1. The predicted octanol–water partition coefficient (Wildman–Crippen LogP) is 7.95. The summed E-state index contributed by atoms with van der Waals surface area (Å²) in [5.74, 6) is 0.626.